The molecule has 0 amide bonds. The fourth-order valence-corrected chi connectivity index (χ4v) is 1.17. The van der Waals surface area contributed by atoms with Gasteiger partial charge in [-0.2, -0.15) is 0 Å². The molecule has 0 aliphatic rings. The third-order valence-electron chi connectivity index (χ3n) is 1.27. The van der Waals surface area contributed by atoms with Gasteiger partial charge in [0, 0.05) is 0 Å². The molecule has 0 unspecified atom stereocenters. The van der Waals surface area contributed by atoms with Gasteiger partial charge in [0.15, 0.2) is 0 Å². The van der Waals surface area contributed by atoms with E-state index in [-0.39, 0.29) is 12.2 Å². The van der Waals surface area contributed by atoms with Crippen molar-refractivity contribution in [2.75, 3.05) is 7.11 Å². The molecule has 0 radical (unpaired) electrons. The number of carbonyl (C=O) groups is 2. The molecule has 0 aliphatic heterocycles. The van der Waals surface area contributed by atoms with Crippen molar-refractivity contribution in [3.05, 3.63) is 0 Å². The van der Waals surface area contributed by atoms with Gasteiger partial charge in [0.05, 0.1) is 0 Å². The molecule has 4 heteroatoms. The normalized spacial score (nSPS) is 9.36. The van der Waals surface area contributed by atoms with E-state index in [1.807, 2.05) is 0 Å². The van der Waals surface area contributed by atoms with Gasteiger partial charge in [-0.25, -0.2) is 0 Å². The minimum absolute atomic E-state index is 0.00898. The summed E-state index contributed by atoms with van der Waals surface area (Å²) in [5, 5.41) is 1.10. The Labute approximate surface area is 76.2 Å². The number of hydrogen-bond donors (Lipinski definition) is 0. The van der Waals surface area contributed by atoms with Gasteiger partial charge in [0.25, 0.3) is 0 Å². The number of ketones is 1. The predicted octanol–water partition coefficient (Wildman–Crippen LogP) is 0.864. The van der Waals surface area contributed by atoms with Crippen molar-refractivity contribution in [2.24, 2.45) is 0 Å². The quantitative estimate of drug-likeness (QED) is 0.382. The summed E-state index contributed by atoms with van der Waals surface area (Å²) >= 11 is 1.21. The fourth-order valence-electron chi connectivity index (χ4n) is 0.644. The minimum atomic E-state index is -0.429. The zero-order chi connectivity index (χ0) is 8.69. The van der Waals surface area contributed by atoms with Crippen LogP contribution in [0.1, 0.15) is 19.3 Å². The number of esters is 1. The summed E-state index contributed by atoms with van der Waals surface area (Å²) in [5.41, 5.74) is 0. The van der Waals surface area contributed by atoms with E-state index in [0.29, 0.717) is 6.42 Å². The molecule has 0 rings (SSSR count). The second-order valence-corrected chi connectivity index (χ2v) is 3.73. The van der Waals surface area contributed by atoms with E-state index < -0.39 is 5.97 Å². The Hall–Kier alpha value is -0.237. The summed E-state index contributed by atoms with van der Waals surface area (Å²) in [6.45, 7) is 0. The van der Waals surface area contributed by atoms with Crippen LogP contribution in [0.3, 0.4) is 0 Å². The average Bonchev–Trinajstić information content (AvgIpc) is 2.00. The first-order valence-electron chi connectivity index (χ1n) is 3.58. The summed E-state index contributed by atoms with van der Waals surface area (Å²) < 4.78 is 4.35. The zero-order valence-electron chi connectivity index (χ0n) is 6.76. The molecule has 0 N–H and O–H groups in total. The van der Waals surface area contributed by atoms with Crippen molar-refractivity contribution < 1.29 is 32.6 Å². The third-order valence-corrected chi connectivity index (χ3v) is 2.32. The standard InChI is InChI=1S/C7H11O3.Zn/c1-3-4-6(8)5-7(9)10-2;/h1,3-5H2,2H3;. The molecule has 0 aromatic carbocycles. The molecule has 0 fully saturated rings. The molecule has 0 aliphatic carbocycles. The van der Waals surface area contributed by atoms with Crippen LogP contribution in [0.15, 0.2) is 0 Å². The Morgan fingerprint density at radius 1 is 1.45 bits per heavy atom. The number of ether oxygens (including phenoxy) is 1. The van der Waals surface area contributed by atoms with Crippen LogP contribution < -0.4 is 0 Å². The summed E-state index contributed by atoms with van der Waals surface area (Å²) in [6, 6.07) is 0. The molecule has 0 bridgehead atoms. The molecule has 0 spiro atoms. The van der Waals surface area contributed by atoms with Crippen molar-refractivity contribution in [1.29, 1.82) is 0 Å². The maximum absolute atomic E-state index is 10.9. The Morgan fingerprint density at radius 2 is 2.09 bits per heavy atom. The van der Waals surface area contributed by atoms with E-state index in [1.165, 1.54) is 25.4 Å². The summed E-state index contributed by atoms with van der Waals surface area (Å²) in [6.07, 6.45) is 1.38. The van der Waals surface area contributed by atoms with E-state index in [2.05, 4.69) is 4.74 Å². The van der Waals surface area contributed by atoms with Crippen LogP contribution in [0.4, 0.5) is 0 Å². The predicted molar refractivity (Wildman–Crippen MR) is 35.7 cm³/mol. The molecule has 0 heterocycles. The van der Waals surface area contributed by atoms with Gasteiger partial charge in [0.1, 0.15) is 0 Å². The molecule has 0 aromatic rings. The first kappa shape index (κ1) is 10.8. The van der Waals surface area contributed by atoms with E-state index in [0.717, 1.165) is 11.4 Å². The van der Waals surface area contributed by atoms with Crippen molar-refractivity contribution in [3.8, 4) is 0 Å². The Balaban J connectivity index is 3.44. The molecule has 0 aromatic heterocycles. The van der Waals surface area contributed by atoms with Crippen LogP contribution in [0, 0.1) is 0 Å². The van der Waals surface area contributed by atoms with E-state index in [1.54, 1.807) is 0 Å². The Morgan fingerprint density at radius 3 is 2.55 bits per heavy atom. The summed E-state index contributed by atoms with van der Waals surface area (Å²) in [7, 11) is 1.29. The van der Waals surface area contributed by atoms with Crippen molar-refractivity contribution in [2.45, 2.75) is 24.3 Å². The Kier molecular flexibility index (Phi) is 6.33. The molecular formula is C7H11O3Zn. The summed E-state index contributed by atoms with van der Waals surface area (Å²) in [4.78, 5) is 21.4. The van der Waals surface area contributed by atoms with Gasteiger partial charge in [-0.3, -0.25) is 0 Å². The molecule has 0 saturated heterocycles. The number of carbonyl (C=O) groups excluding carboxylic acids is 2. The first-order valence-corrected chi connectivity index (χ1v) is 5.68. The van der Waals surface area contributed by atoms with Crippen LogP contribution in [-0.2, 0) is 32.6 Å². The Bertz CT molecular complexity index is 145. The van der Waals surface area contributed by atoms with Gasteiger partial charge < -0.3 is 0 Å². The topological polar surface area (TPSA) is 43.4 Å². The van der Waals surface area contributed by atoms with E-state index in [9.17, 15) is 9.59 Å². The molecule has 59 valence electrons. The molecule has 11 heavy (non-hydrogen) atoms. The van der Waals surface area contributed by atoms with Crippen LogP contribution >= 0.6 is 0 Å². The van der Waals surface area contributed by atoms with E-state index >= 15 is 0 Å². The third kappa shape index (κ3) is 6.17. The van der Waals surface area contributed by atoms with Crippen LogP contribution in [-0.4, -0.2) is 18.9 Å². The monoisotopic (exact) mass is 207 g/mol. The van der Waals surface area contributed by atoms with Gasteiger partial charge in [-0.05, 0) is 0 Å². The maximum atomic E-state index is 10.9. The number of rotatable bonds is 5. The molecule has 0 atom stereocenters. The van der Waals surface area contributed by atoms with Crippen LogP contribution in [0.25, 0.3) is 0 Å². The van der Waals surface area contributed by atoms with Crippen LogP contribution in [0.2, 0.25) is 5.02 Å². The molecular weight excluding hydrogens is 197 g/mol. The SMILES string of the molecule is COC(=O)CC(=O)CC[CH2][Zn]. The average molecular weight is 209 g/mol. The van der Waals surface area contributed by atoms with Crippen molar-refractivity contribution >= 4 is 11.8 Å². The number of methoxy groups -OCH3 is 1. The second kappa shape index (κ2) is 6.47. The van der Waals surface area contributed by atoms with Crippen molar-refractivity contribution in [3.63, 3.8) is 0 Å². The summed E-state index contributed by atoms with van der Waals surface area (Å²) in [5.74, 6) is -0.438. The van der Waals surface area contributed by atoms with Gasteiger partial charge in [-0.1, -0.05) is 0 Å². The fraction of sp³-hybridized carbons (Fsp3) is 0.714. The van der Waals surface area contributed by atoms with Gasteiger partial charge >= 0.3 is 75.8 Å². The molecule has 0 saturated carbocycles. The number of Topliss-reactive ketones (excluding diaryl/α,β-unsaturated/α-hetero) is 1. The first-order chi connectivity index (χ1) is 5.20. The van der Waals surface area contributed by atoms with E-state index in [4.69, 9.17) is 0 Å². The van der Waals surface area contributed by atoms with Crippen molar-refractivity contribution in [1.82, 2.24) is 0 Å². The van der Waals surface area contributed by atoms with Gasteiger partial charge in [0.2, 0.25) is 0 Å². The number of hydrogen-bond acceptors (Lipinski definition) is 3. The zero-order valence-corrected chi connectivity index (χ0v) is 9.73. The molecule has 3 nitrogen and oxygen atoms in total. The van der Waals surface area contributed by atoms with Gasteiger partial charge in [-0.15, -0.1) is 0 Å². The van der Waals surface area contributed by atoms with Crippen LogP contribution in [0.5, 0.6) is 0 Å². The second-order valence-electron chi connectivity index (χ2n) is 2.25.